The first-order valence-electron chi connectivity index (χ1n) is 10.2. The van der Waals surface area contributed by atoms with Gasteiger partial charge in [0.2, 0.25) is 0 Å². The molecule has 27 heavy (non-hydrogen) atoms. The van der Waals surface area contributed by atoms with Crippen LogP contribution in [-0.2, 0) is 0 Å². The molecule has 0 unspecified atom stereocenters. The fourth-order valence-electron chi connectivity index (χ4n) is 6.89. The molecule has 4 nitrogen and oxygen atoms in total. The number of benzene rings is 2. The summed E-state index contributed by atoms with van der Waals surface area (Å²) in [5.74, 6) is 5.30. The van der Waals surface area contributed by atoms with Crippen LogP contribution in [0.5, 0.6) is 23.0 Å². The van der Waals surface area contributed by atoms with Crippen LogP contribution in [0.15, 0.2) is 48.5 Å². The summed E-state index contributed by atoms with van der Waals surface area (Å²) in [6.07, 6.45) is 7.35. The molecule has 2 aromatic carbocycles. The Hall–Kier alpha value is -1.93. The summed E-state index contributed by atoms with van der Waals surface area (Å²) in [5.41, 5.74) is 0. The second kappa shape index (κ2) is 4.55. The van der Waals surface area contributed by atoms with E-state index >= 15 is 0 Å². The second-order valence-electron chi connectivity index (χ2n) is 9.21. The normalized spacial score (nSPS) is 39.3. The first-order chi connectivity index (χ1) is 13.2. The van der Waals surface area contributed by atoms with Gasteiger partial charge in [0, 0.05) is 0 Å². The molecule has 0 aromatic heterocycles. The molecule has 6 aliphatic rings. The molecule has 4 aliphatic carbocycles. The quantitative estimate of drug-likeness (QED) is 0.558. The Labute approximate surface area is 159 Å². The van der Waals surface area contributed by atoms with Crippen molar-refractivity contribution in [2.24, 2.45) is 17.8 Å². The van der Waals surface area contributed by atoms with Gasteiger partial charge in [0.05, 0.1) is 0 Å². The Balaban J connectivity index is 1.45. The van der Waals surface area contributed by atoms with E-state index < -0.39 is 7.51 Å². The molecule has 4 bridgehead atoms. The van der Waals surface area contributed by atoms with Gasteiger partial charge in [0.15, 0.2) is 0 Å². The number of hydrogen-bond donors (Lipinski definition) is 0. The van der Waals surface area contributed by atoms with Crippen LogP contribution in [0.25, 0.3) is 0 Å². The molecule has 2 aromatic rings. The SMILES string of the molecule is c1ccc2c(c1)OP1(C34CC5CC(CC(C5)C3)C4)(O2)Oc2ccccc2O1. The summed E-state index contributed by atoms with van der Waals surface area (Å²) >= 11 is 0. The molecule has 1 spiro atoms. The van der Waals surface area contributed by atoms with Crippen molar-refractivity contribution >= 4 is 7.51 Å². The Morgan fingerprint density at radius 1 is 0.593 bits per heavy atom. The van der Waals surface area contributed by atoms with Crippen LogP contribution in [0.1, 0.15) is 38.5 Å². The zero-order valence-corrected chi connectivity index (χ0v) is 16.1. The summed E-state index contributed by atoms with van der Waals surface area (Å²) in [6.45, 7) is 0. The van der Waals surface area contributed by atoms with Crippen molar-refractivity contribution in [1.29, 1.82) is 0 Å². The molecule has 5 heteroatoms. The summed E-state index contributed by atoms with van der Waals surface area (Å²) in [6, 6.07) is 15.9. The third-order valence-corrected chi connectivity index (χ3v) is 11.6. The Kier molecular flexibility index (Phi) is 2.53. The molecule has 0 radical (unpaired) electrons. The molecule has 4 fully saturated rings. The van der Waals surface area contributed by atoms with E-state index in [4.69, 9.17) is 18.1 Å². The fraction of sp³-hybridized carbons (Fsp3) is 0.455. The summed E-state index contributed by atoms with van der Waals surface area (Å²) in [5, 5.41) is -0.168. The zero-order chi connectivity index (χ0) is 17.7. The van der Waals surface area contributed by atoms with Crippen molar-refractivity contribution in [2.45, 2.75) is 43.7 Å². The van der Waals surface area contributed by atoms with E-state index in [0.717, 1.165) is 60.0 Å². The van der Waals surface area contributed by atoms with Gasteiger partial charge in [0.1, 0.15) is 0 Å². The molecule has 2 heterocycles. The van der Waals surface area contributed by atoms with Gasteiger partial charge in [-0.2, -0.15) is 0 Å². The van der Waals surface area contributed by atoms with Crippen LogP contribution in [0.2, 0.25) is 0 Å². The molecular weight excluding hydrogens is 359 g/mol. The van der Waals surface area contributed by atoms with E-state index in [1.807, 2.05) is 48.5 Å². The predicted octanol–water partition coefficient (Wildman–Crippen LogP) is 6.11. The first kappa shape index (κ1) is 15.0. The Morgan fingerprint density at radius 2 is 0.926 bits per heavy atom. The van der Waals surface area contributed by atoms with Gasteiger partial charge in [-0.1, -0.05) is 0 Å². The molecule has 0 saturated heterocycles. The number of hydrogen-bond acceptors (Lipinski definition) is 4. The second-order valence-corrected chi connectivity index (χ2v) is 12.5. The van der Waals surface area contributed by atoms with E-state index in [1.54, 1.807) is 0 Å². The molecule has 2 aliphatic heterocycles. The van der Waals surface area contributed by atoms with E-state index in [1.165, 1.54) is 19.3 Å². The first-order valence-corrected chi connectivity index (χ1v) is 12.1. The average molecular weight is 382 g/mol. The third-order valence-electron chi connectivity index (χ3n) is 7.50. The van der Waals surface area contributed by atoms with Crippen LogP contribution in [-0.4, -0.2) is 5.16 Å². The minimum atomic E-state index is -3.89. The molecule has 0 amide bonds. The molecular formula is C22H23O4P. The van der Waals surface area contributed by atoms with E-state index in [9.17, 15) is 0 Å². The van der Waals surface area contributed by atoms with Crippen molar-refractivity contribution < 1.29 is 18.1 Å². The van der Waals surface area contributed by atoms with Crippen molar-refractivity contribution in [2.75, 3.05) is 0 Å². The number of para-hydroxylation sites is 4. The Morgan fingerprint density at radius 3 is 1.26 bits per heavy atom. The van der Waals surface area contributed by atoms with Gasteiger partial charge in [-0.3, -0.25) is 0 Å². The minimum absolute atomic E-state index is 0.168. The van der Waals surface area contributed by atoms with Crippen molar-refractivity contribution in [3.05, 3.63) is 48.5 Å². The molecule has 4 saturated carbocycles. The molecule has 0 atom stereocenters. The van der Waals surface area contributed by atoms with Crippen LogP contribution in [0, 0.1) is 17.8 Å². The monoisotopic (exact) mass is 382 g/mol. The maximum atomic E-state index is 6.77. The van der Waals surface area contributed by atoms with E-state index in [0.29, 0.717) is 0 Å². The van der Waals surface area contributed by atoms with Crippen LogP contribution >= 0.6 is 7.51 Å². The zero-order valence-electron chi connectivity index (χ0n) is 15.2. The van der Waals surface area contributed by atoms with Crippen LogP contribution < -0.4 is 18.1 Å². The fourth-order valence-corrected chi connectivity index (χ4v) is 11.5. The van der Waals surface area contributed by atoms with Crippen molar-refractivity contribution in [1.82, 2.24) is 0 Å². The number of fused-ring (bicyclic) bond motifs is 2. The standard InChI is InChI=1S/C22H23O4P/c1-2-6-19-18(5-1)23-27(24-19,25-20-7-3-4-8-21(20)26-27)22-12-15-9-16(13-22)11-17(10-15)14-22/h1-8,15-17H,9-14H2. The Bertz CT molecular complexity index is 822. The summed E-state index contributed by atoms with van der Waals surface area (Å²) in [4.78, 5) is 0. The summed E-state index contributed by atoms with van der Waals surface area (Å²) in [7, 11) is -3.89. The van der Waals surface area contributed by atoms with Gasteiger partial charge in [-0.05, 0) is 0 Å². The van der Waals surface area contributed by atoms with Gasteiger partial charge in [-0.15, -0.1) is 0 Å². The van der Waals surface area contributed by atoms with Gasteiger partial charge >= 0.3 is 159 Å². The predicted molar refractivity (Wildman–Crippen MR) is 103 cm³/mol. The van der Waals surface area contributed by atoms with Crippen LogP contribution in [0.3, 0.4) is 0 Å². The van der Waals surface area contributed by atoms with Crippen molar-refractivity contribution in [3.8, 4) is 23.0 Å². The van der Waals surface area contributed by atoms with Gasteiger partial charge in [0.25, 0.3) is 0 Å². The average Bonchev–Trinajstić information content (AvgIpc) is 3.16. The van der Waals surface area contributed by atoms with E-state index in [-0.39, 0.29) is 5.16 Å². The van der Waals surface area contributed by atoms with Crippen LogP contribution in [0.4, 0.5) is 0 Å². The van der Waals surface area contributed by atoms with Gasteiger partial charge < -0.3 is 0 Å². The summed E-state index contributed by atoms with van der Waals surface area (Å²) < 4.78 is 27.1. The maximum absolute atomic E-state index is 6.77. The molecule has 8 rings (SSSR count). The molecule has 0 N–H and O–H groups in total. The molecule has 140 valence electrons. The number of rotatable bonds is 1. The third kappa shape index (κ3) is 1.70. The van der Waals surface area contributed by atoms with Crippen molar-refractivity contribution in [3.63, 3.8) is 0 Å². The van der Waals surface area contributed by atoms with E-state index in [2.05, 4.69) is 0 Å². The topological polar surface area (TPSA) is 36.9 Å². The van der Waals surface area contributed by atoms with Gasteiger partial charge in [-0.25, -0.2) is 0 Å².